The third kappa shape index (κ3) is 2.74. The summed E-state index contributed by atoms with van der Waals surface area (Å²) in [5.74, 6) is 0.981. The molecule has 0 amide bonds. The molecule has 150 valence electrons. The van der Waals surface area contributed by atoms with E-state index in [9.17, 15) is 0 Å². The van der Waals surface area contributed by atoms with Crippen molar-refractivity contribution in [3.8, 4) is 33.8 Å². The zero-order valence-corrected chi connectivity index (χ0v) is 17.1. The molecule has 0 unspecified atom stereocenters. The third-order valence-electron chi connectivity index (χ3n) is 5.87. The molecule has 2 N–H and O–H groups in total. The van der Waals surface area contributed by atoms with Crippen molar-refractivity contribution in [3.63, 3.8) is 0 Å². The monoisotopic (exact) mass is 405 g/mol. The number of nitrogens with zero attached hydrogens (tertiary/aromatic N) is 5. The lowest BCUT2D eigenvalue weighted by Crippen LogP contribution is -1.94. The molecule has 0 bridgehead atoms. The van der Waals surface area contributed by atoms with Gasteiger partial charge in [-0.3, -0.25) is 15.1 Å². The highest BCUT2D eigenvalue weighted by atomic mass is 15.1. The van der Waals surface area contributed by atoms with Crippen molar-refractivity contribution in [2.75, 3.05) is 0 Å². The van der Waals surface area contributed by atoms with E-state index in [1.54, 1.807) is 12.4 Å². The largest absolute Gasteiger partial charge is 0.352 e. The Bertz CT molecular complexity index is 1550. The molecular formula is C24H19N7. The van der Waals surface area contributed by atoms with Crippen molar-refractivity contribution in [2.24, 2.45) is 7.05 Å². The molecule has 7 heteroatoms. The van der Waals surface area contributed by atoms with Crippen LogP contribution in [0.3, 0.4) is 0 Å². The number of imidazole rings is 1. The Hall–Kier alpha value is -4.26. The van der Waals surface area contributed by atoms with Gasteiger partial charge in [0.25, 0.3) is 0 Å². The van der Waals surface area contributed by atoms with Crippen molar-refractivity contribution in [1.82, 2.24) is 34.7 Å². The van der Waals surface area contributed by atoms with Gasteiger partial charge in [-0.15, -0.1) is 0 Å². The van der Waals surface area contributed by atoms with Crippen LogP contribution < -0.4 is 0 Å². The van der Waals surface area contributed by atoms with Gasteiger partial charge in [0.1, 0.15) is 11.5 Å². The summed E-state index contributed by atoms with van der Waals surface area (Å²) < 4.78 is 2.09. The first kappa shape index (κ1) is 17.6. The smallest absolute Gasteiger partial charge is 0.116 e. The highest BCUT2D eigenvalue weighted by molar-refractivity contribution is 6.01. The van der Waals surface area contributed by atoms with Crippen LogP contribution in [0.25, 0.3) is 55.6 Å². The van der Waals surface area contributed by atoms with Crippen molar-refractivity contribution < 1.29 is 0 Å². The fourth-order valence-electron chi connectivity index (χ4n) is 4.09. The van der Waals surface area contributed by atoms with Crippen LogP contribution in [-0.4, -0.2) is 34.7 Å². The van der Waals surface area contributed by atoms with Gasteiger partial charge in [0.05, 0.1) is 34.8 Å². The molecule has 0 atom stereocenters. The summed E-state index contributed by atoms with van der Waals surface area (Å²) in [5.41, 5.74) is 8.12. The Morgan fingerprint density at radius 2 is 1.71 bits per heavy atom. The van der Waals surface area contributed by atoms with Gasteiger partial charge in [0.2, 0.25) is 0 Å². The van der Waals surface area contributed by atoms with Crippen LogP contribution in [0.2, 0.25) is 0 Å². The van der Waals surface area contributed by atoms with Gasteiger partial charge in [-0.1, -0.05) is 6.07 Å². The highest BCUT2D eigenvalue weighted by Gasteiger charge is 2.15. The first-order valence-electron chi connectivity index (χ1n) is 10.0. The quantitative estimate of drug-likeness (QED) is 0.439. The van der Waals surface area contributed by atoms with Crippen LogP contribution in [-0.2, 0) is 7.05 Å². The van der Waals surface area contributed by atoms with E-state index >= 15 is 0 Å². The lowest BCUT2D eigenvalue weighted by Gasteiger charge is -2.04. The topological polar surface area (TPSA) is 88.1 Å². The van der Waals surface area contributed by atoms with Crippen LogP contribution in [0, 0.1) is 6.92 Å². The van der Waals surface area contributed by atoms with Crippen molar-refractivity contribution >= 4 is 21.8 Å². The Balaban J connectivity index is 1.52. The standard InChI is InChI=1S/C24H19N7/c1-14-27-13-23(31(14)2)16-3-4-20-18(9-16)24(30-29-20)21-10-17-19(11-26-12-22(17)28-21)15-5-7-25-8-6-15/h3-13,28H,1-2H3,(H,29,30). The summed E-state index contributed by atoms with van der Waals surface area (Å²) in [6.07, 6.45) is 9.24. The maximum Gasteiger partial charge on any atom is 0.116 e. The first-order valence-corrected chi connectivity index (χ1v) is 10.0. The molecule has 0 aliphatic heterocycles. The Kier molecular flexibility index (Phi) is 3.76. The minimum atomic E-state index is 0.882. The second-order valence-electron chi connectivity index (χ2n) is 7.65. The maximum absolute atomic E-state index is 4.62. The number of nitrogens with one attached hydrogen (secondary N) is 2. The van der Waals surface area contributed by atoms with Gasteiger partial charge in [-0.25, -0.2) is 4.98 Å². The van der Waals surface area contributed by atoms with Crippen molar-refractivity contribution in [1.29, 1.82) is 0 Å². The molecule has 6 rings (SSSR count). The van der Waals surface area contributed by atoms with E-state index in [1.165, 1.54) is 0 Å². The van der Waals surface area contributed by atoms with Gasteiger partial charge in [-0.05, 0) is 42.8 Å². The molecule has 0 fully saturated rings. The fourth-order valence-corrected chi connectivity index (χ4v) is 4.09. The van der Waals surface area contributed by atoms with E-state index in [0.29, 0.717) is 0 Å². The Morgan fingerprint density at radius 1 is 0.839 bits per heavy atom. The lowest BCUT2D eigenvalue weighted by atomic mass is 10.0. The second-order valence-corrected chi connectivity index (χ2v) is 7.65. The summed E-state index contributed by atoms with van der Waals surface area (Å²) >= 11 is 0. The highest BCUT2D eigenvalue weighted by Crippen LogP contribution is 2.34. The zero-order chi connectivity index (χ0) is 20.9. The van der Waals surface area contributed by atoms with Gasteiger partial charge < -0.3 is 9.55 Å². The summed E-state index contributed by atoms with van der Waals surface area (Å²) in [6.45, 7) is 2.00. The Labute approximate surface area is 177 Å². The Morgan fingerprint density at radius 3 is 2.52 bits per heavy atom. The van der Waals surface area contributed by atoms with Gasteiger partial charge in [-0.2, -0.15) is 5.10 Å². The number of H-pyrrole nitrogens is 2. The molecular weight excluding hydrogens is 386 g/mol. The normalized spacial score (nSPS) is 11.5. The summed E-state index contributed by atoms with van der Waals surface area (Å²) in [4.78, 5) is 16.5. The summed E-state index contributed by atoms with van der Waals surface area (Å²) in [6, 6.07) is 12.5. The number of aromatic nitrogens is 7. The number of rotatable bonds is 3. The van der Waals surface area contributed by atoms with E-state index in [0.717, 1.165) is 61.4 Å². The second kappa shape index (κ2) is 6.63. The minimum absolute atomic E-state index is 0.882. The van der Waals surface area contributed by atoms with E-state index in [4.69, 9.17) is 0 Å². The minimum Gasteiger partial charge on any atom is -0.352 e. The SMILES string of the molecule is Cc1ncc(-c2ccc3[nH]nc(-c4cc5c(-c6ccncc6)cncc5[nH]4)c3c2)n1C. The molecule has 5 aromatic heterocycles. The van der Waals surface area contributed by atoms with Crippen LogP contribution in [0.1, 0.15) is 5.82 Å². The van der Waals surface area contributed by atoms with Crippen molar-refractivity contribution in [2.45, 2.75) is 6.92 Å². The van der Waals surface area contributed by atoms with E-state index in [1.807, 2.05) is 44.7 Å². The van der Waals surface area contributed by atoms with Gasteiger partial charge in [0, 0.05) is 47.5 Å². The first-order chi connectivity index (χ1) is 15.2. The average molecular weight is 405 g/mol. The van der Waals surface area contributed by atoms with Crippen LogP contribution in [0.5, 0.6) is 0 Å². The number of pyridine rings is 2. The number of benzene rings is 1. The fraction of sp³-hybridized carbons (Fsp3) is 0.0833. The van der Waals surface area contributed by atoms with E-state index in [2.05, 4.69) is 59.0 Å². The number of aromatic amines is 2. The molecule has 0 saturated heterocycles. The third-order valence-corrected chi connectivity index (χ3v) is 5.87. The molecule has 0 spiro atoms. The molecule has 0 aliphatic rings. The number of hydrogen-bond acceptors (Lipinski definition) is 4. The molecule has 0 saturated carbocycles. The van der Waals surface area contributed by atoms with Crippen molar-refractivity contribution in [3.05, 3.63) is 73.2 Å². The maximum atomic E-state index is 4.62. The number of hydrogen-bond donors (Lipinski definition) is 2. The molecule has 5 heterocycles. The molecule has 7 nitrogen and oxygen atoms in total. The molecule has 0 aliphatic carbocycles. The van der Waals surface area contributed by atoms with E-state index < -0.39 is 0 Å². The molecule has 31 heavy (non-hydrogen) atoms. The number of fused-ring (bicyclic) bond motifs is 2. The predicted octanol–water partition coefficient (Wildman–Crippen LogP) is 4.88. The zero-order valence-electron chi connectivity index (χ0n) is 17.1. The van der Waals surface area contributed by atoms with Crippen LogP contribution in [0.4, 0.5) is 0 Å². The number of aryl methyl sites for hydroxylation is 1. The molecule has 1 aromatic carbocycles. The summed E-state index contributed by atoms with van der Waals surface area (Å²) in [7, 11) is 2.03. The van der Waals surface area contributed by atoms with E-state index in [-0.39, 0.29) is 0 Å². The molecule has 6 aromatic rings. The van der Waals surface area contributed by atoms with Gasteiger partial charge >= 0.3 is 0 Å². The average Bonchev–Trinajstić information content (AvgIpc) is 3.50. The predicted molar refractivity (Wildman–Crippen MR) is 121 cm³/mol. The van der Waals surface area contributed by atoms with Gasteiger partial charge in [0.15, 0.2) is 0 Å². The van der Waals surface area contributed by atoms with Crippen LogP contribution >= 0.6 is 0 Å². The lowest BCUT2D eigenvalue weighted by molar-refractivity contribution is 0.865. The van der Waals surface area contributed by atoms with Crippen LogP contribution in [0.15, 0.2) is 67.4 Å². The summed E-state index contributed by atoms with van der Waals surface area (Å²) in [5, 5.41) is 9.94. The molecule has 0 radical (unpaired) electrons.